The van der Waals surface area contributed by atoms with Crippen molar-refractivity contribution in [3.8, 4) is 11.5 Å². The molecular formula is C26H30ClN3O2. The lowest BCUT2D eigenvalue weighted by Gasteiger charge is -2.32. The molecule has 5 nitrogen and oxygen atoms in total. The van der Waals surface area contributed by atoms with Crippen LogP contribution >= 0.6 is 11.6 Å². The lowest BCUT2D eigenvalue weighted by molar-refractivity contribution is 0.190. The van der Waals surface area contributed by atoms with Crippen molar-refractivity contribution in [1.29, 1.82) is 0 Å². The highest BCUT2D eigenvalue weighted by molar-refractivity contribution is 6.32. The molecule has 1 aliphatic heterocycles. The molecule has 0 atom stereocenters. The molecule has 0 bridgehead atoms. The van der Waals surface area contributed by atoms with E-state index in [-0.39, 0.29) is 0 Å². The maximum absolute atomic E-state index is 6.54. The number of methoxy groups -OCH3 is 1. The Labute approximate surface area is 195 Å². The van der Waals surface area contributed by atoms with Gasteiger partial charge in [0.2, 0.25) is 0 Å². The molecule has 6 heteroatoms. The molecule has 168 valence electrons. The largest absolute Gasteiger partial charge is 0.493 e. The summed E-state index contributed by atoms with van der Waals surface area (Å²) in [6.07, 6.45) is 5.81. The third kappa shape index (κ3) is 6.22. The summed E-state index contributed by atoms with van der Waals surface area (Å²) in [7, 11) is 1.64. The molecule has 0 unspecified atom stereocenters. The first-order chi connectivity index (χ1) is 15.7. The van der Waals surface area contributed by atoms with Crippen LogP contribution in [0, 0.1) is 0 Å². The van der Waals surface area contributed by atoms with Gasteiger partial charge in [0, 0.05) is 37.1 Å². The van der Waals surface area contributed by atoms with Gasteiger partial charge in [-0.25, -0.2) is 0 Å². The fourth-order valence-corrected chi connectivity index (χ4v) is 4.34. The van der Waals surface area contributed by atoms with E-state index < -0.39 is 0 Å². The fourth-order valence-electron chi connectivity index (χ4n) is 4.05. The summed E-state index contributed by atoms with van der Waals surface area (Å²) in [5, 5.41) is 4.25. The number of piperidine rings is 1. The summed E-state index contributed by atoms with van der Waals surface area (Å²) in [4.78, 5) is 6.64. The highest BCUT2D eigenvalue weighted by Gasteiger charge is 2.19. The second kappa shape index (κ2) is 11.3. The Kier molecular flexibility index (Phi) is 7.99. The first-order valence-corrected chi connectivity index (χ1v) is 11.5. The molecule has 1 aliphatic rings. The molecule has 0 saturated carbocycles. The monoisotopic (exact) mass is 451 g/mol. The average molecular weight is 452 g/mol. The van der Waals surface area contributed by atoms with Crippen molar-refractivity contribution >= 4 is 11.6 Å². The standard InChI is InChI=1S/C26H30ClN3O2/c1-31-25-15-22(14-24(27)26(25)32-19-21-8-5-11-28-16-21)17-29-23-9-12-30(13-10-23)18-20-6-3-2-4-7-20/h2-8,11,14-16,23,29H,9-10,12-13,17-19H2,1H3. The Morgan fingerprint density at radius 1 is 1.03 bits per heavy atom. The summed E-state index contributed by atoms with van der Waals surface area (Å²) >= 11 is 6.54. The zero-order valence-corrected chi connectivity index (χ0v) is 19.2. The van der Waals surface area contributed by atoms with E-state index in [4.69, 9.17) is 21.1 Å². The highest BCUT2D eigenvalue weighted by atomic mass is 35.5. The third-order valence-corrected chi connectivity index (χ3v) is 6.11. The number of rotatable bonds is 9. The van der Waals surface area contributed by atoms with Gasteiger partial charge in [-0.1, -0.05) is 48.0 Å². The Hall–Kier alpha value is -2.60. The first-order valence-electron chi connectivity index (χ1n) is 11.1. The van der Waals surface area contributed by atoms with Crippen LogP contribution in [0.4, 0.5) is 0 Å². The van der Waals surface area contributed by atoms with Gasteiger partial charge in [0.05, 0.1) is 12.1 Å². The van der Waals surface area contributed by atoms with Crippen molar-refractivity contribution in [2.75, 3.05) is 20.2 Å². The molecule has 0 radical (unpaired) electrons. The van der Waals surface area contributed by atoms with E-state index in [9.17, 15) is 0 Å². The number of hydrogen-bond donors (Lipinski definition) is 1. The van der Waals surface area contributed by atoms with E-state index in [1.54, 1.807) is 19.5 Å². The van der Waals surface area contributed by atoms with E-state index in [2.05, 4.69) is 45.5 Å². The lowest BCUT2D eigenvalue weighted by Crippen LogP contribution is -2.41. The molecule has 1 saturated heterocycles. The van der Waals surface area contributed by atoms with Gasteiger partial charge in [-0.15, -0.1) is 0 Å². The predicted molar refractivity (Wildman–Crippen MR) is 128 cm³/mol. The molecule has 2 aromatic carbocycles. The predicted octanol–water partition coefficient (Wildman–Crippen LogP) is 5.08. The van der Waals surface area contributed by atoms with Crippen LogP contribution in [0.5, 0.6) is 11.5 Å². The molecular weight excluding hydrogens is 422 g/mol. The van der Waals surface area contributed by atoms with Gasteiger partial charge in [0.25, 0.3) is 0 Å². The van der Waals surface area contributed by atoms with Gasteiger partial charge in [0.1, 0.15) is 6.61 Å². The van der Waals surface area contributed by atoms with Crippen LogP contribution in [0.25, 0.3) is 0 Å². The van der Waals surface area contributed by atoms with Crippen LogP contribution in [-0.2, 0) is 19.7 Å². The topological polar surface area (TPSA) is 46.6 Å². The van der Waals surface area contributed by atoms with Gasteiger partial charge in [-0.2, -0.15) is 0 Å². The Bertz CT molecular complexity index is 977. The zero-order chi connectivity index (χ0) is 22.2. The maximum Gasteiger partial charge on any atom is 0.180 e. The minimum atomic E-state index is 0.392. The van der Waals surface area contributed by atoms with Crippen LogP contribution in [0.3, 0.4) is 0 Å². The molecule has 1 N–H and O–H groups in total. The molecule has 1 aromatic heterocycles. The van der Waals surface area contributed by atoms with Crippen molar-refractivity contribution in [2.45, 2.75) is 38.6 Å². The quantitative estimate of drug-likeness (QED) is 0.491. The van der Waals surface area contributed by atoms with Gasteiger partial charge >= 0.3 is 0 Å². The van der Waals surface area contributed by atoms with Crippen LogP contribution in [-0.4, -0.2) is 36.1 Å². The van der Waals surface area contributed by atoms with Crippen molar-refractivity contribution in [3.63, 3.8) is 0 Å². The lowest BCUT2D eigenvalue weighted by atomic mass is 10.0. The summed E-state index contributed by atoms with van der Waals surface area (Å²) in [5.41, 5.74) is 3.45. The van der Waals surface area contributed by atoms with Crippen molar-refractivity contribution < 1.29 is 9.47 Å². The van der Waals surface area contributed by atoms with Crippen molar-refractivity contribution in [1.82, 2.24) is 15.2 Å². The minimum Gasteiger partial charge on any atom is -0.493 e. The number of nitrogens with one attached hydrogen (secondary N) is 1. The van der Waals surface area contributed by atoms with Crippen molar-refractivity contribution in [3.05, 3.63) is 88.7 Å². The van der Waals surface area contributed by atoms with Gasteiger partial charge < -0.3 is 14.8 Å². The van der Waals surface area contributed by atoms with Crippen LogP contribution in [0.1, 0.15) is 29.5 Å². The van der Waals surface area contributed by atoms with E-state index >= 15 is 0 Å². The number of nitrogens with zero attached hydrogens (tertiary/aromatic N) is 2. The minimum absolute atomic E-state index is 0.392. The van der Waals surface area contributed by atoms with E-state index in [1.165, 1.54) is 5.56 Å². The summed E-state index contributed by atoms with van der Waals surface area (Å²) in [6.45, 7) is 4.39. The van der Waals surface area contributed by atoms with Crippen LogP contribution in [0.2, 0.25) is 5.02 Å². The second-order valence-electron chi connectivity index (χ2n) is 8.18. The zero-order valence-electron chi connectivity index (χ0n) is 18.5. The van der Waals surface area contributed by atoms with Crippen LogP contribution in [0.15, 0.2) is 67.0 Å². The Morgan fingerprint density at radius 3 is 2.53 bits per heavy atom. The fraction of sp³-hybridized carbons (Fsp3) is 0.346. The highest BCUT2D eigenvalue weighted by Crippen LogP contribution is 2.37. The van der Waals surface area contributed by atoms with Gasteiger partial charge in [0.15, 0.2) is 11.5 Å². The molecule has 3 aromatic rings. The number of aromatic nitrogens is 1. The first kappa shape index (κ1) is 22.6. The summed E-state index contributed by atoms with van der Waals surface area (Å²) in [5.74, 6) is 1.21. The molecule has 4 rings (SSSR count). The average Bonchev–Trinajstić information content (AvgIpc) is 2.84. The molecule has 1 fully saturated rings. The smallest absolute Gasteiger partial charge is 0.180 e. The molecule has 2 heterocycles. The second-order valence-corrected chi connectivity index (χ2v) is 8.58. The number of ether oxygens (including phenoxy) is 2. The Balaban J connectivity index is 1.28. The van der Waals surface area contributed by atoms with Gasteiger partial charge in [-0.3, -0.25) is 9.88 Å². The van der Waals surface area contributed by atoms with Crippen LogP contribution < -0.4 is 14.8 Å². The molecule has 0 aliphatic carbocycles. The Morgan fingerprint density at radius 2 is 1.81 bits per heavy atom. The third-order valence-electron chi connectivity index (χ3n) is 5.83. The molecule has 32 heavy (non-hydrogen) atoms. The van der Waals surface area contributed by atoms with E-state index in [1.807, 2.05) is 24.3 Å². The number of halogens is 1. The molecule has 0 amide bonds. The van der Waals surface area contributed by atoms with Gasteiger partial charge in [-0.05, 0) is 55.3 Å². The number of likely N-dealkylation sites (tertiary alicyclic amines) is 1. The summed E-state index contributed by atoms with van der Waals surface area (Å²) in [6, 6.07) is 19.0. The number of benzene rings is 2. The normalized spacial score (nSPS) is 14.9. The molecule has 0 spiro atoms. The summed E-state index contributed by atoms with van der Waals surface area (Å²) < 4.78 is 11.5. The van der Waals surface area contributed by atoms with E-state index in [0.717, 1.165) is 50.1 Å². The number of hydrogen-bond acceptors (Lipinski definition) is 5. The van der Waals surface area contributed by atoms with E-state index in [0.29, 0.717) is 29.2 Å². The van der Waals surface area contributed by atoms with Crippen molar-refractivity contribution in [2.24, 2.45) is 0 Å². The number of pyridine rings is 1. The maximum atomic E-state index is 6.54. The SMILES string of the molecule is COc1cc(CNC2CCN(Cc3ccccc3)CC2)cc(Cl)c1OCc1cccnc1.